The Morgan fingerprint density at radius 3 is 2.58 bits per heavy atom. The fraction of sp³-hybridized carbons (Fsp3) is 0.562. The van der Waals surface area contributed by atoms with Crippen molar-refractivity contribution in [1.29, 1.82) is 0 Å². The number of carbonyl (C=O) groups is 1. The molecule has 1 aromatic rings. The minimum Gasteiger partial charge on any atom is -0.460 e. The van der Waals surface area contributed by atoms with Gasteiger partial charge in [0.05, 0.1) is 12.2 Å². The van der Waals surface area contributed by atoms with Gasteiger partial charge in [0.25, 0.3) is 0 Å². The molecule has 3 nitrogen and oxygen atoms in total. The number of ether oxygens (including phenoxy) is 2. The number of unbranched alkanes of at least 4 members (excludes halogenated alkanes) is 1. The highest BCUT2D eigenvalue weighted by Crippen LogP contribution is 2.13. The lowest BCUT2D eigenvalue weighted by Gasteiger charge is -2.09. The Hall–Kier alpha value is -1.35. The third kappa shape index (κ3) is 5.88. The Kier molecular flexibility index (Phi) is 7.91. The molecule has 0 spiro atoms. The van der Waals surface area contributed by atoms with E-state index in [1.165, 1.54) is 0 Å². The van der Waals surface area contributed by atoms with Crippen LogP contribution in [0.1, 0.15) is 49.0 Å². The van der Waals surface area contributed by atoms with Gasteiger partial charge in [-0.1, -0.05) is 38.5 Å². The Balaban J connectivity index is 2.46. The summed E-state index contributed by atoms with van der Waals surface area (Å²) in [6.07, 6.45) is 4.11. The monoisotopic (exact) mass is 264 g/mol. The van der Waals surface area contributed by atoms with Gasteiger partial charge >= 0.3 is 5.97 Å². The maximum atomic E-state index is 12.0. The second-order valence-electron chi connectivity index (χ2n) is 4.51. The first kappa shape index (κ1) is 15.7. The van der Waals surface area contributed by atoms with E-state index < -0.39 is 0 Å². The molecule has 3 heteroatoms. The van der Waals surface area contributed by atoms with Crippen LogP contribution in [-0.2, 0) is 15.9 Å². The van der Waals surface area contributed by atoms with E-state index in [0.717, 1.165) is 31.2 Å². The van der Waals surface area contributed by atoms with E-state index in [-0.39, 0.29) is 5.97 Å². The molecule has 0 unspecified atom stereocenters. The average Bonchev–Trinajstić information content (AvgIpc) is 2.45. The zero-order chi connectivity index (χ0) is 13.9. The zero-order valence-corrected chi connectivity index (χ0v) is 12.0. The smallest absolute Gasteiger partial charge is 0.338 e. The first-order chi connectivity index (χ1) is 9.29. The lowest BCUT2D eigenvalue weighted by Crippen LogP contribution is -2.13. The molecule has 0 aromatic heterocycles. The van der Waals surface area contributed by atoms with Gasteiger partial charge in [-0.25, -0.2) is 4.79 Å². The van der Waals surface area contributed by atoms with Crippen LogP contribution in [0, 0.1) is 0 Å². The molecule has 0 heterocycles. The third-order valence-electron chi connectivity index (χ3n) is 2.85. The molecule has 0 saturated heterocycles. The van der Waals surface area contributed by atoms with E-state index in [4.69, 9.17) is 9.47 Å². The predicted molar refractivity (Wildman–Crippen MR) is 76.4 cm³/mol. The SMILES string of the molecule is CCCCc1ccccc1C(=O)OCCOCCC. The fourth-order valence-electron chi connectivity index (χ4n) is 1.82. The van der Waals surface area contributed by atoms with Gasteiger partial charge in [0.2, 0.25) is 0 Å². The minimum absolute atomic E-state index is 0.244. The van der Waals surface area contributed by atoms with E-state index in [1.807, 2.05) is 24.3 Å². The second-order valence-corrected chi connectivity index (χ2v) is 4.51. The van der Waals surface area contributed by atoms with Crippen molar-refractivity contribution in [3.63, 3.8) is 0 Å². The van der Waals surface area contributed by atoms with Gasteiger partial charge in [-0.15, -0.1) is 0 Å². The molecule has 0 aliphatic carbocycles. The molecule has 0 amide bonds. The van der Waals surface area contributed by atoms with Crippen LogP contribution >= 0.6 is 0 Å². The average molecular weight is 264 g/mol. The Morgan fingerprint density at radius 2 is 1.84 bits per heavy atom. The molecule has 0 saturated carbocycles. The molecule has 0 aliphatic rings. The van der Waals surface area contributed by atoms with Gasteiger partial charge in [0.15, 0.2) is 0 Å². The summed E-state index contributed by atoms with van der Waals surface area (Å²) in [4.78, 5) is 12.0. The van der Waals surface area contributed by atoms with Crippen LogP contribution in [0.5, 0.6) is 0 Å². The van der Waals surface area contributed by atoms with Crippen LogP contribution in [-0.4, -0.2) is 25.8 Å². The summed E-state index contributed by atoms with van der Waals surface area (Å²) in [6, 6.07) is 7.67. The van der Waals surface area contributed by atoms with Crippen LogP contribution in [0.25, 0.3) is 0 Å². The Labute approximate surface area is 115 Å². The van der Waals surface area contributed by atoms with Crippen molar-refractivity contribution in [1.82, 2.24) is 0 Å². The summed E-state index contributed by atoms with van der Waals surface area (Å²) in [5.41, 5.74) is 1.76. The van der Waals surface area contributed by atoms with Gasteiger partial charge in [-0.05, 0) is 30.9 Å². The highest BCUT2D eigenvalue weighted by molar-refractivity contribution is 5.91. The zero-order valence-electron chi connectivity index (χ0n) is 12.0. The number of esters is 1. The first-order valence-corrected chi connectivity index (χ1v) is 7.12. The van der Waals surface area contributed by atoms with Crippen molar-refractivity contribution in [3.05, 3.63) is 35.4 Å². The quantitative estimate of drug-likeness (QED) is 0.505. The van der Waals surface area contributed by atoms with Crippen LogP contribution in [0.15, 0.2) is 24.3 Å². The summed E-state index contributed by atoms with van der Waals surface area (Å²) >= 11 is 0. The molecular formula is C16H24O3. The number of aryl methyl sites for hydroxylation is 1. The van der Waals surface area contributed by atoms with Crippen molar-refractivity contribution in [2.45, 2.75) is 39.5 Å². The normalized spacial score (nSPS) is 10.4. The molecular weight excluding hydrogens is 240 g/mol. The molecule has 1 rings (SSSR count). The Bertz CT molecular complexity index is 374. The molecule has 1 aromatic carbocycles. The topological polar surface area (TPSA) is 35.5 Å². The molecule has 106 valence electrons. The van der Waals surface area contributed by atoms with Gasteiger partial charge in [0.1, 0.15) is 6.61 Å². The van der Waals surface area contributed by atoms with Crippen LogP contribution in [0.2, 0.25) is 0 Å². The lowest BCUT2D eigenvalue weighted by molar-refractivity contribution is 0.0317. The lowest BCUT2D eigenvalue weighted by atomic mass is 10.0. The van der Waals surface area contributed by atoms with Gasteiger partial charge in [0, 0.05) is 6.61 Å². The van der Waals surface area contributed by atoms with E-state index in [9.17, 15) is 4.79 Å². The maximum absolute atomic E-state index is 12.0. The predicted octanol–water partition coefficient (Wildman–Crippen LogP) is 3.61. The first-order valence-electron chi connectivity index (χ1n) is 7.12. The van der Waals surface area contributed by atoms with Gasteiger partial charge in [-0.2, -0.15) is 0 Å². The van der Waals surface area contributed by atoms with Crippen LogP contribution < -0.4 is 0 Å². The summed E-state index contributed by atoms with van der Waals surface area (Å²) in [7, 11) is 0. The Morgan fingerprint density at radius 1 is 1.05 bits per heavy atom. The third-order valence-corrected chi connectivity index (χ3v) is 2.85. The highest BCUT2D eigenvalue weighted by atomic mass is 16.6. The van der Waals surface area contributed by atoms with Crippen molar-refractivity contribution in [3.8, 4) is 0 Å². The molecule has 0 fully saturated rings. The summed E-state index contributed by atoms with van der Waals surface area (Å²) in [5, 5.41) is 0. The summed E-state index contributed by atoms with van der Waals surface area (Å²) < 4.78 is 10.5. The molecule has 0 atom stereocenters. The molecule has 0 radical (unpaired) electrons. The van der Waals surface area contributed by atoms with Gasteiger partial charge < -0.3 is 9.47 Å². The van der Waals surface area contributed by atoms with Crippen molar-refractivity contribution < 1.29 is 14.3 Å². The highest BCUT2D eigenvalue weighted by Gasteiger charge is 2.11. The second kappa shape index (κ2) is 9.56. The van der Waals surface area contributed by atoms with E-state index >= 15 is 0 Å². The van der Waals surface area contributed by atoms with Crippen LogP contribution in [0.3, 0.4) is 0 Å². The maximum Gasteiger partial charge on any atom is 0.338 e. The van der Waals surface area contributed by atoms with Gasteiger partial charge in [-0.3, -0.25) is 0 Å². The summed E-state index contributed by atoms with van der Waals surface area (Å²) in [5.74, 6) is -0.244. The van der Waals surface area contributed by atoms with Crippen LogP contribution in [0.4, 0.5) is 0 Å². The van der Waals surface area contributed by atoms with Crippen molar-refractivity contribution in [2.24, 2.45) is 0 Å². The van der Waals surface area contributed by atoms with E-state index in [2.05, 4.69) is 13.8 Å². The number of benzene rings is 1. The van der Waals surface area contributed by atoms with E-state index in [0.29, 0.717) is 25.4 Å². The minimum atomic E-state index is -0.244. The standard InChI is InChI=1S/C16H24O3/c1-3-5-8-14-9-6-7-10-15(14)16(17)19-13-12-18-11-4-2/h6-7,9-10H,3-5,8,11-13H2,1-2H3. The molecule has 0 N–H and O–H groups in total. The summed E-state index contributed by atoms with van der Waals surface area (Å²) in [6.45, 7) is 5.70. The molecule has 0 aliphatic heterocycles. The fourth-order valence-corrected chi connectivity index (χ4v) is 1.82. The number of rotatable bonds is 9. The largest absolute Gasteiger partial charge is 0.460 e. The van der Waals surface area contributed by atoms with E-state index in [1.54, 1.807) is 0 Å². The van der Waals surface area contributed by atoms with Crippen molar-refractivity contribution >= 4 is 5.97 Å². The van der Waals surface area contributed by atoms with Crippen molar-refractivity contribution in [2.75, 3.05) is 19.8 Å². The number of hydrogen-bond acceptors (Lipinski definition) is 3. The molecule has 19 heavy (non-hydrogen) atoms. The number of carbonyl (C=O) groups excluding carboxylic acids is 1. The molecule has 0 bridgehead atoms. The number of hydrogen-bond donors (Lipinski definition) is 0.